The van der Waals surface area contributed by atoms with E-state index in [1.165, 1.54) is 11.0 Å². The van der Waals surface area contributed by atoms with Crippen LogP contribution in [0.2, 0.25) is 0 Å². The summed E-state index contributed by atoms with van der Waals surface area (Å²) < 4.78 is 0. The van der Waals surface area contributed by atoms with Crippen LogP contribution in [0.25, 0.3) is 6.08 Å². The van der Waals surface area contributed by atoms with Gasteiger partial charge in [0.05, 0.1) is 5.69 Å². The van der Waals surface area contributed by atoms with Crippen LogP contribution in [-0.4, -0.2) is 25.4 Å². The van der Waals surface area contributed by atoms with E-state index in [9.17, 15) is 0 Å². The van der Waals surface area contributed by atoms with Crippen molar-refractivity contribution >= 4 is 24.5 Å². The minimum absolute atomic E-state index is 0.438. The standard InChI is InChI=1S/C16H16BN4/c18-6-5-12-7-15-16(17-12)14(8-13(9-19)21-15)20-10-11-3-1-2-4-11/h1-3,7-8H,4-6,10,18H2,(H,20,21). The number of pyridine rings is 1. The summed E-state index contributed by atoms with van der Waals surface area (Å²) in [6.45, 7) is 1.40. The molecule has 5 heteroatoms. The number of hydrogen-bond acceptors (Lipinski definition) is 4. The fourth-order valence-corrected chi connectivity index (χ4v) is 2.59. The van der Waals surface area contributed by atoms with Crippen LogP contribution in [0.1, 0.15) is 24.2 Å². The molecule has 0 bridgehead atoms. The van der Waals surface area contributed by atoms with Gasteiger partial charge in [-0.3, -0.25) is 0 Å². The highest BCUT2D eigenvalue weighted by Crippen LogP contribution is 2.20. The van der Waals surface area contributed by atoms with Crippen molar-refractivity contribution in [2.45, 2.75) is 12.8 Å². The first-order valence-electron chi connectivity index (χ1n) is 7.09. The van der Waals surface area contributed by atoms with Crippen LogP contribution in [0, 0.1) is 11.3 Å². The Morgan fingerprint density at radius 2 is 2.38 bits per heavy atom. The maximum absolute atomic E-state index is 9.13. The molecule has 103 valence electrons. The highest BCUT2D eigenvalue weighted by atomic mass is 14.9. The molecule has 1 aliphatic heterocycles. The summed E-state index contributed by atoms with van der Waals surface area (Å²) in [6.07, 6.45) is 10.2. The average molecular weight is 275 g/mol. The molecule has 0 amide bonds. The number of aromatic nitrogens is 1. The highest BCUT2D eigenvalue weighted by molar-refractivity contribution is 6.66. The van der Waals surface area contributed by atoms with Crippen molar-refractivity contribution in [2.75, 3.05) is 18.4 Å². The number of nitriles is 1. The third kappa shape index (κ3) is 2.91. The van der Waals surface area contributed by atoms with Gasteiger partial charge in [0.1, 0.15) is 11.8 Å². The third-order valence-corrected chi connectivity index (χ3v) is 3.64. The SMILES string of the molecule is N#Cc1cc(NCC2=CC=CC2)c2c(n1)C=C(CCN)[B]2. The van der Waals surface area contributed by atoms with Crippen LogP contribution < -0.4 is 16.5 Å². The average Bonchev–Trinajstić information content (AvgIpc) is 3.13. The van der Waals surface area contributed by atoms with E-state index in [0.29, 0.717) is 12.2 Å². The molecule has 1 radical (unpaired) electrons. The lowest BCUT2D eigenvalue weighted by molar-refractivity contribution is 0.997. The van der Waals surface area contributed by atoms with Gasteiger partial charge in [0, 0.05) is 12.2 Å². The van der Waals surface area contributed by atoms with Crippen LogP contribution in [0.3, 0.4) is 0 Å². The summed E-state index contributed by atoms with van der Waals surface area (Å²) in [5.74, 6) is 0. The maximum atomic E-state index is 9.13. The molecule has 3 N–H and O–H groups in total. The van der Waals surface area contributed by atoms with E-state index >= 15 is 0 Å². The zero-order valence-electron chi connectivity index (χ0n) is 11.8. The fourth-order valence-electron chi connectivity index (χ4n) is 2.59. The number of nitrogens with two attached hydrogens (primary N) is 1. The molecule has 0 atom stereocenters. The van der Waals surface area contributed by atoms with E-state index < -0.39 is 0 Å². The van der Waals surface area contributed by atoms with Gasteiger partial charge in [0.15, 0.2) is 7.28 Å². The molecule has 2 heterocycles. The molecule has 0 saturated carbocycles. The minimum Gasteiger partial charge on any atom is -0.382 e. The quantitative estimate of drug-likeness (QED) is 0.794. The number of nitrogens with zero attached hydrogens (tertiary/aromatic N) is 2. The number of fused-ring (bicyclic) bond motifs is 1. The van der Waals surface area contributed by atoms with Gasteiger partial charge in [-0.05, 0) is 42.6 Å². The Hall–Kier alpha value is -2.32. The van der Waals surface area contributed by atoms with Gasteiger partial charge in [-0.25, -0.2) is 4.98 Å². The minimum atomic E-state index is 0.438. The van der Waals surface area contributed by atoms with Gasteiger partial charge in [0.25, 0.3) is 0 Å². The maximum Gasteiger partial charge on any atom is 0.191 e. The first kappa shape index (κ1) is 13.7. The summed E-state index contributed by atoms with van der Waals surface area (Å²) in [4.78, 5) is 4.37. The second-order valence-corrected chi connectivity index (χ2v) is 5.18. The molecule has 2 aliphatic rings. The van der Waals surface area contributed by atoms with Gasteiger partial charge in [0.2, 0.25) is 0 Å². The Morgan fingerprint density at radius 3 is 3.10 bits per heavy atom. The Labute approximate surface area is 125 Å². The van der Waals surface area contributed by atoms with E-state index in [1.54, 1.807) is 0 Å². The predicted molar refractivity (Wildman–Crippen MR) is 86.3 cm³/mol. The number of anilines is 1. The molecule has 0 fully saturated rings. The summed E-state index contributed by atoms with van der Waals surface area (Å²) >= 11 is 0. The fraction of sp³-hybridized carbons (Fsp3) is 0.250. The Bertz CT molecular complexity index is 695. The van der Waals surface area contributed by atoms with E-state index in [2.05, 4.69) is 41.9 Å². The summed E-state index contributed by atoms with van der Waals surface area (Å²) in [5, 5.41) is 12.6. The molecule has 1 aromatic rings. The van der Waals surface area contributed by atoms with Crippen molar-refractivity contribution < 1.29 is 0 Å². The van der Waals surface area contributed by atoms with Crippen molar-refractivity contribution in [2.24, 2.45) is 5.73 Å². The first-order valence-corrected chi connectivity index (χ1v) is 7.09. The van der Waals surface area contributed by atoms with Crippen molar-refractivity contribution in [3.63, 3.8) is 0 Å². The summed E-state index contributed by atoms with van der Waals surface area (Å²) in [7, 11) is 2.11. The number of hydrogen-bond donors (Lipinski definition) is 2. The summed E-state index contributed by atoms with van der Waals surface area (Å²) in [6, 6.07) is 3.94. The monoisotopic (exact) mass is 275 g/mol. The van der Waals surface area contributed by atoms with Gasteiger partial charge < -0.3 is 11.1 Å². The lowest BCUT2D eigenvalue weighted by atomic mass is 9.65. The van der Waals surface area contributed by atoms with Gasteiger partial charge >= 0.3 is 0 Å². The van der Waals surface area contributed by atoms with Crippen molar-refractivity contribution in [3.05, 3.63) is 46.7 Å². The normalized spacial score (nSPS) is 15.0. The van der Waals surface area contributed by atoms with E-state index in [0.717, 1.165) is 36.2 Å². The van der Waals surface area contributed by atoms with Gasteiger partial charge in [-0.1, -0.05) is 23.7 Å². The smallest absolute Gasteiger partial charge is 0.191 e. The number of nitrogens with one attached hydrogen (secondary N) is 1. The Kier molecular flexibility index (Phi) is 3.89. The Morgan fingerprint density at radius 1 is 1.48 bits per heavy atom. The molecule has 0 spiro atoms. The van der Waals surface area contributed by atoms with Gasteiger partial charge in [-0.15, -0.1) is 0 Å². The van der Waals surface area contributed by atoms with Crippen LogP contribution in [0.5, 0.6) is 0 Å². The molecule has 21 heavy (non-hydrogen) atoms. The first-order chi connectivity index (χ1) is 10.3. The second kappa shape index (κ2) is 5.98. The van der Waals surface area contributed by atoms with E-state index in [-0.39, 0.29) is 0 Å². The van der Waals surface area contributed by atoms with Crippen LogP contribution in [0.15, 0.2) is 35.3 Å². The topological polar surface area (TPSA) is 74.7 Å². The molecule has 4 nitrogen and oxygen atoms in total. The molecular formula is C16H16BN4. The molecular weight excluding hydrogens is 259 g/mol. The lowest BCUT2D eigenvalue weighted by Gasteiger charge is -2.12. The predicted octanol–water partition coefficient (Wildman–Crippen LogP) is 1.28. The molecule has 1 aromatic heterocycles. The largest absolute Gasteiger partial charge is 0.382 e. The second-order valence-electron chi connectivity index (χ2n) is 5.18. The van der Waals surface area contributed by atoms with Gasteiger partial charge in [-0.2, -0.15) is 5.26 Å². The van der Waals surface area contributed by atoms with Crippen molar-refractivity contribution in [1.29, 1.82) is 5.26 Å². The molecule has 0 aromatic carbocycles. The number of rotatable bonds is 5. The molecule has 1 aliphatic carbocycles. The van der Waals surface area contributed by atoms with Crippen LogP contribution in [0.4, 0.5) is 5.69 Å². The van der Waals surface area contributed by atoms with Crippen LogP contribution in [-0.2, 0) is 0 Å². The zero-order chi connectivity index (χ0) is 14.7. The van der Waals surface area contributed by atoms with E-state index in [4.69, 9.17) is 11.0 Å². The van der Waals surface area contributed by atoms with Crippen molar-refractivity contribution in [1.82, 2.24) is 4.98 Å². The van der Waals surface area contributed by atoms with Crippen molar-refractivity contribution in [3.8, 4) is 6.07 Å². The zero-order valence-corrected chi connectivity index (χ0v) is 11.8. The summed E-state index contributed by atoms with van der Waals surface area (Å²) in [5.41, 5.74) is 11.4. The Balaban J connectivity index is 1.82. The highest BCUT2D eigenvalue weighted by Gasteiger charge is 2.20. The third-order valence-electron chi connectivity index (χ3n) is 3.64. The molecule has 0 saturated heterocycles. The number of allylic oxidation sites excluding steroid dienone is 3. The molecule has 0 unspecified atom stereocenters. The van der Waals surface area contributed by atoms with Crippen LogP contribution >= 0.6 is 0 Å². The lowest BCUT2D eigenvalue weighted by Crippen LogP contribution is -2.23. The molecule has 3 rings (SSSR count). The van der Waals surface area contributed by atoms with E-state index in [1.807, 2.05) is 12.1 Å².